The highest BCUT2D eigenvalue weighted by Gasteiger charge is 2.10. The molecule has 0 aliphatic rings. The number of aromatic nitrogens is 1. The van der Waals surface area contributed by atoms with Gasteiger partial charge < -0.3 is 10.4 Å². The smallest absolute Gasteiger partial charge is 0.355 e. The zero-order chi connectivity index (χ0) is 19.2. The van der Waals surface area contributed by atoms with Gasteiger partial charge in [0.25, 0.3) is 5.91 Å². The quantitative estimate of drug-likeness (QED) is 0.585. The van der Waals surface area contributed by atoms with Crippen molar-refractivity contribution in [1.82, 2.24) is 15.0 Å². The number of carboxylic acids is 1. The van der Waals surface area contributed by atoms with E-state index in [1.165, 1.54) is 16.7 Å². The molecule has 1 aromatic heterocycles. The Morgan fingerprint density at radius 1 is 1.23 bits per heavy atom. The molecule has 0 aliphatic carbocycles. The number of rotatable bonds is 9. The number of carboxylic acid groups (broad SMARTS) is 1. The zero-order valence-electron chi connectivity index (χ0n) is 14.1. The molecule has 0 spiro atoms. The normalized spacial score (nSPS) is 11.3. The fraction of sp³-hybridized carbons (Fsp3) is 0.312. The van der Waals surface area contributed by atoms with Crippen molar-refractivity contribution in [3.8, 4) is 0 Å². The van der Waals surface area contributed by atoms with Crippen LogP contribution < -0.4 is 10.0 Å². The Hall–Kier alpha value is -2.30. The van der Waals surface area contributed by atoms with E-state index in [0.29, 0.717) is 23.5 Å². The van der Waals surface area contributed by atoms with Gasteiger partial charge in [0.05, 0.1) is 10.8 Å². The van der Waals surface area contributed by atoms with Gasteiger partial charge in [-0.1, -0.05) is 12.1 Å². The maximum atomic E-state index is 12.1. The highest BCUT2D eigenvalue weighted by Crippen LogP contribution is 2.10. The lowest BCUT2D eigenvalue weighted by molar-refractivity contribution is 0.0690. The molecule has 8 nitrogen and oxygen atoms in total. The third-order valence-corrected chi connectivity index (χ3v) is 5.74. The van der Waals surface area contributed by atoms with E-state index in [1.807, 2.05) is 0 Å². The van der Waals surface area contributed by atoms with Crippen LogP contribution in [0.2, 0.25) is 0 Å². The maximum Gasteiger partial charge on any atom is 0.355 e. The van der Waals surface area contributed by atoms with Crippen molar-refractivity contribution < 1.29 is 23.1 Å². The van der Waals surface area contributed by atoms with Crippen molar-refractivity contribution in [3.63, 3.8) is 0 Å². The second-order valence-electron chi connectivity index (χ2n) is 5.36. The molecule has 1 amide bonds. The molecular formula is C16H19N3O5S2. The molecule has 3 N–H and O–H groups in total. The van der Waals surface area contributed by atoms with Crippen molar-refractivity contribution in [2.45, 2.75) is 19.9 Å². The molecule has 26 heavy (non-hydrogen) atoms. The molecule has 2 aromatic rings. The van der Waals surface area contributed by atoms with Gasteiger partial charge in [-0.2, -0.15) is 0 Å². The standard InChI is InChI=1S/C16H19N3O5S2/c1-2-26(23,24)18-9-11-3-5-12(6-4-11)15(20)17-8-7-14-19-13(10-25-14)16(21)22/h3-6,10,18H,2,7-9H2,1H3,(H,17,20)(H,21,22). The van der Waals surface area contributed by atoms with Crippen LogP contribution in [0.3, 0.4) is 0 Å². The van der Waals surface area contributed by atoms with E-state index in [9.17, 15) is 18.0 Å². The van der Waals surface area contributed by atoms with Gasteiger partial charge in [0.1, 0.15) is 0 Å². The molecule has 0 saturated carbocycles. The second kappa shape index (κ2) is 8.88. The Morgan fingerprint density at radius 2 is 1.92 bits per heavy atom. The first-order valence-corrected chi connectivity index (χ1v) is 10.4. The average molecular weight is 397 g/mol. The number of carbonyl (C=O) groups is 2. The highest BCUT2D eigenvalue weighted by atomic mass is 32.2. The number of nitrogens with zero attached hydrogens (tertiary/aromatic N) is 1. The Balaban J connectivity index is 1.82. The largest absolute Gasteiger partial charge is 0.476 e. The van der Waals surface area contributed by atoms with Crippen LogP contribution in [0, 0.1) is 0 Å². The third-order valence-electron chi connectivity index (χ3n) is 3.49. The van der Waals surface area contributed by atoms with E-state index < -0.39 is 16.0 Å². The molecule has 0 unspecified atom stereocenters. The molecular weight excluding hydrogens is 378 g/mol. The lowest BCUT2D eigenvalue weighted by Gasteiger charge is -2.07. The number of benzene rings is 1. The van der Waals surface area contributed by atoms with E-state index in [0.717, 1.165) is 5.56 Å². The molecule has 0 saturated heterocycles. The molecule has 0 aliphatic heterocycles. The van der Waals surface area contributed by atoms with Gasteiger partial charge in [-0.25, -0.2) is 22.9 Å². The van der Waals surface area contributed by atoms with Crippen LogP contribution in [-0.2, 0) is 23.0 Å². The predicted octanol–water partition coefficient (Wildman–Crippen LogP) is 1.25. The molecule has 140 valence electrons. The van der Waals surface area contributed by atoms with Crippen LogP contribution in [0.4, 0.5) is 0 Å². The molecule has 0 fully saturated rings. The SMILES string of the molecule is CCS(=O)(=O)NCc1ccc(C(=O)NCCc2nc(C(=O)O)cs2)cc1. The van der Waals surface area contributed by atoms with Crippen LogP contribution in [0.25, 0.3) is 0 Å². The minimum absolute atomic E-state index is 0.00520. The number of carbonyl (C=O) groups excluding carboxylic acids is 1. The minimum atomic E-state index is -3.26. The van der Waals surface area contributed by atoms with Crippen LogP contribution in [0.5, 0.6) is 0 Å². The molecule has 0 atom stereocenters. The highest BCUT2D eigenvalue weighted by molar-refractivity contribution is 7.89. The number of aromatic carboxylic acids is 1. The van der Waals surface area contributed by atoms with E-state index in [1.54, 1.807) is 31.2 Å². The molecule has 10 heteroatoms. The summed E-state index contributed by atoms with van der Waals surface area (Å²) in [5.74, 6) is -1.32. The van der Waals surface area contributed by atoms with Gasteiger partial charge in [0, 0.05) is 30.5 Å². The fourth-order valence-corrected chi connectivity index (χ4v) is 3.34. The first-order valence-electron chi connectivity index (χ1n) is 7.83. The summed E-state index contributed by atoms with van der Waals surface area (Å²) >= 11 is 1.24. The summed E-state index contributed by atoms with van der Waals surface area (Å²) in [4.78, 5) is 26.8. The van der Waals surface area contributed by atoms with E-state index in [2.05, 4.69) is 15.0 Å². The lowest BCUT2D eigenvalue weighted by Crippen LogP contribution is -2.26. The maximum absolute atomic E-state index is 12.1. The fourth-order valence-electron chi connectivity index (χ4n) is 1.98. The van der Waals surface area contributed by atoms with Crippen molar-refractivity contribution in [2.75, 3.05) is 12.3 Å². The monoisotopic (exact) mass is 397 g/mol. The summed E-state index contributed by atoms with van der Waals surface area (Å²) in [6, 6.07) is 6.62. The van der Waals surface area contributed by atoms with Crippen LogP contribution in [-0.4, -0.2) is 42.7 Å². The van der Waals surface area contributed by atoms with Gasteiger partial charge in [-0.3, -0.25) is 4.79 Å². The number of amides is 1. The van der Waals surface area contributed by atoms with Crippen molar-refractivity contribution in [3.05, 3.63) is 51.5 Å². The van der Waals surface area contributed by atoms with Gasteiger partial charge >= 0.3 is 5.97 Å². The molecule has 0 bridgehead atoms. The van der Waals surface area contributed by atoms with E-state index >= 15 is 0 Å². The summed E-state index contributed by atoms with van der Waals surface area (Å²) in [6.45, 7) is 2.07. The predicted molar refractivity (Wildman–Crippen MR) is 97.9 cm³/mol. The molecule has 1 heterocycles. The Kier molecular flexibility index (Phi) is 6.83. The number of nitrogens with one attached hydrogen (secondary N) is 2. The van der Waals surface area contributed by atoms with Crippen LogP contribution >= 0.6 is 11.3 Å². The van der Waals surface area contributed by atoms with E-state index in [4.69, 9.17) is 5.11 Å². The molecule has 0 radical (unpaired) electrons. The van der Waals surface area contributed by atoms with Gasteiger partial charge in [-0.15, -0.1) is 11.3 Å². The van der Waals surface area contributed by atoms with Crippen molar-refractivity contribution in [1.29, 1.82) is 0 Å². The van der Waals surface area contributed by atoms with Crippen molar-refractivity contribution in [2.24, 2.45) is 0 Å². The first kappa shape index (κ1) is 20.0. The number of hydrogen-bond acceptors (Lipinski definition) is 6. The summed E-state index contributed by atoms with van der Waals surface area (Å²) in [6.07, 6.45) is 0.445. The topological polar surface area (TPSA) is 125 Å². The van der Waals surface area contributed by atoms with Gasteiger partial charge in [-0.05, 0) is 24.6 Å². The molecule has 1 aromatic carbocycles. The Labute approximate surface area is 155 Å². The summed E-state index contributed by atoms with van der Waals surface area (Å²) in [5.41, 5.74) is 1.21. The molecule has 2 rings (SSSR count). The second-order valence-corrected chi connectivity index (χ2v) is 8.40. The summed E-state index contributed by atoms with van der Waals surface area (Å²) in [5, 5.41) is 13.7. The lowest BCUT2D eigenvalue weighted by atomic mass is 10.1. The average Bonchev–Trinajstić information content (AvgIpc) is 3.10. The minimum Gasteiger partial charge on any atom is -0.476 e. The van der Waals surface area contributed by atoms with E-state index in [-0.39, 0.29) is 23.9 Å². The number of sulfonamides is 1. The first-order chi connectivity index (χ1) is 12.3. The summed E-state index contributed by atoms with van der Waals surface area (Å²) < 4.78 is 25.3. The van der Waals surface area contributed by atoms with Gasteiger partial charge in [0.15, 0.2) is 5.69 Å². The Morgan fingerprint density at radius 3 is 2.50 bits per heavy atom. The number of hydrogen-bond donors (Lipinski definition) is 3. The third kappa shape index (κ3) is 5.90. The van der Waals surface area contributed by atoms with Crippen LogP contribution in [0.15, 0.2) is 29.6 Å². The number of thiazole rings is 1. The van der Waals surface area contributed by atoms with Gasteiger partial charge in [0.2, 0.25) is 10.0 Å². The van der Waals surface area contributed by atoms with Crippen molar-refractivity contribution >= 4 is 33.2 Å². The Bertz CT molecular complexity index is 876. The van der Waals surface area contributed by atoms with Crippen LogP contribution in [0.1, 0.15) is 38.3 Å². The zero-order valence-corrected chi connectivity index (χ0v) is 15.7. The summed E-state index contributed by atoms with van der Waals surface area (Å²) in [7, 11) is -3.26.